The van der Waals surface area contributed by atoms with Crippen molar-refractivity contribution in [3.63, 3.8) is 0 Å². The molecule has 1 aliphatic heterocycles. The van der Waals surface area contributed by atoms with Gasteiger partial charge in [0.05, 0.1) is 28.5 Å². The van der Waals surface area contributed by atoms with Crippen LogP contribution in [0.15, 0.2) is 36.8 Å². The molecule has 1 aliphatic rings. The molecule has 21 heavy (non-hydrogen) atoms. The molecule has 1 saturated heterocycles. The van der Waals surface area contributed by atoms with Gasteiger partial charge in [0, 0.05) is 30.9 Å². The Morgan fingerprint density at radius 3 is 3.00 bits per heavy atom. The van der Waals surface area contributed by atoms with Crippen molar-refractivity contribution in [1.82, 2.24) is 25.1 Å². The number of rotatable bonds is 3. The van der Waals surface area contributed by atoms with Crippen LogP contribution in [-0.2, 0) is 0 Å². The van der Waals surface area contributed by atoms with E-state index in [9.17, 15) is 0 Å². The number of aromatic nitrogens is 4. The van der Waals surface area contributed by atoms with Crippen LogP contribution < -0.4 is 10.6 Å². The molecule has 2 aromatic heterocycles. The molecule has 7 heteroatoms. The van der Waals surface area contributed by atoms with Crippen molar-refractivity contribution < 1.29 is 0 Å². The lowest BCUT2D eigenvalue weighted by atomic mass is 10.2. The van der Waals surface area contributed by atoms with E-state index in [0.29, 0.717) is 17.0 Å². The maximum absolute atomic E-state index is 6.11. The summed E-state index contributed by atoms with van der Waals surface area (Å²) in [6.07, 6.45) is 5.48. The molecular formula is C14H13ClN6. The van der Waals surface area contributed by atoms with Crippen LogP contribution in [0, 0.1) is 0 Å². The molecule has 0 unspecified atom stereocenters. The highest BCUT2D eigenvalue weighted by Crippen LogP contribution is 2.23. The minimum absolute atomic E-state index is 0.442. The molecule has 106 valence electrons. The minimum atomic E-state index is 0.442. The highest BCUT2D eigenvalue weighted by molar-refractivity contribution is 6.35. The van der Waals surface area contributed by atoms with Crippen LogP contribution in [-0.4, -0.2) is 32.8 Å². The molecule has 2 N–H and O–H groups in total. The number of hydrogen-bond acceptors (Lipinski definition) is 5. The molecule has 0 spiro atoms. The van der Waals surface area contributed by atoms with Crippen molar-refractivity contribution in [2.24, 2.45) is 0 Å². The summed E-state index contributed by atoms with van der Waals surface area (Å²) in [6, 6.07) is 6.06. The van der Waals surface area contributed by atoms with Crippen LogP contribution in [0.3, 0.4) is 0 Å². The summed E-state index contributed by atoms with van der Waals surface area (Å²) < 4.78 is 1.96. The normalized spacial score (nSPS) is 15.1. The lowest BCUT2D eigenvalue weighted by Gasteiger charge is -2.27. The van der Waals surface area contributed by atoms with E-state index >= 15 is 0 Å². The fourth-order valence-electron chi connectivity index (χ4n) is 2.27. The van der Waals surface area contributed by atoms with Gasteiger partial charge in [-0.15, -0.1) is 0 Å². The first-order valence-electron chi connectivity index (χ1n) is 6.73. The van der Waals surface area contributed by atoms with Crippen molar-refractivity contribution in [2.75, 3.05) is 18.4 Å². The highest BCUT2D eigenvalue weighted by atomic mass is 35.5. The first-order valence-corrected chi connectivity index (χ1v) is 7.10. The first-order chi connectivity index (χ1) is 10.3. The van der Waals surface area contributed by atoms with Crippen LogP contribution in [0.25, 0.3) is 10.9 Å². The Morgan fingerprint density at radius 2 is 2.19 bits per heavy atom. The van der Waals surface area contributed by atoms with E-state index in [0.717, 1.165) is 29.7 Å². The van der Waals surface area contributed by atoms with E-state index < -0.39 is 0 Å². The number of nitrogens with zero attached hydrogens (tertiary/aromatic N) is 4. The summed E-state index contributed by atoms with van der Waals surface area (Å²) in [5.74, 6) is 0.538. The topological polar surface area (TPSA) is 67.7 Å². The third-order valence-electron chi connectivity index (χ3n) is 3.56. The van der Waals surface area contributed by atoms with Gasteiger partial charge in [-0.1, -0.05) is 17.7 Å². The molecule has 6 nitrogen and oxygen atoms in total. The molecule has 0 radical (unpaired) electrons. The summed E-state index contributed by atoms with van der Waals surface area (Å²) in [6.45, 7) is 1.93. The summed E-state index contributed by atoms with van der Waals surface area (Å²) in [5, 5.41) is 12.2. The van der Waals surface area contributed by atoms with Gasteiger partial charge in [0.25, 0.3) is 0 Å². The van der Waals surface area contributed by atoms with E-state index in [1.165, 1.54) is 0 Å². The van der Waals surface area contributed by atoms with Crippen LogP contribution in [0.5, 0.6) is 0 Å². The Balaban J connectivity index is 1.60. The number of hydrogen-bond donors (Lipinski definition) is 2. The zero-order chi connectivity index (χ0) is 14.2. The smallest absolute Gasteiger partial charge is 0.227 e. The van der Waals surface area contributed by atoms with E-state index in [1.54, 1.807) is 12.4 Å². The van der Waals surface area contributed by atoms with Crippen LogP contribution in [0.4, 0.5) is 11.6 Å². The fourth-order valence-corrected chi connectivity index (χ4v) is 2.49. The Morgan fingerprint density at radius 1 is 1.29 bits per heavy atom. The standard InChI is InChI=1S/C14H13ClN6/c15-12-2-1-3-13-11(12)7-17-14(20-13)19-9-4-18-21(8-9)10-5-16-6-10/h1-4,7-8,10,16H,5-6H2,(H,17,19,20). The minimum Gasteiger partial charge on any atom is -0.321 e. The summed E-state index contributed by atoms with van der Waals surface area (Å²) in [4.78, 5) is 8.76. The molecule has 0 atom stereocenters. The molecule has 0 aliphatic carbocycles. The van der Waals surface area contributed by atoms with Crippen molar-refractivity contribution >= 4 is 34.1 Å². The predicted octanol–water partition coefficient (Wildman–Crippen LogP) is 2.37. The molecule has 3 heterocycles. The average molecular weight is 301 g/mol. The third-order valence-corrected chi connectivity index (χ3v) is 3.89. The summed E-state index contributed by atoms with van der Waals surface area (Å²) in [5.41, 5.74) is 1.69. The molecule has 0 amide bonds. The Kier molecular flexibility index (Phi) is 2.98. The summed E-state index contributed by atoms with van der Waals surface area (Å²) >= 11 is 6.11. The zero-order valence-corrected chi connectivity index (χ0v) is 11.9. The second kappa shape index (κ2) is 4.98. The predicted molar refractivity (Wildman–Crippen MR) is 82.0 cm³/mol. The van der Waals surface area contributed by atoms with Gasteiger partial charge in [-0.3, -0.25) is 4.68 Å². The van der Waals surface area contributed by atoms with Crippen LogP contribution >= 0.6 is 11.6 Å². The van der Waals surface area contributed by atoms with Gasteiger partial charge in [-0.05, 0) is 12.1 Å². The van der Waals surface area contributed by atoms with E-state index in [2.05, 4.69) is 25.7 Å². The number of nitrogens with one attached hydrogen (secondary N) is 2. The maximum atomic E-state index is 6.11. The quantitative estimate of drug-likeness (QED) is 0.777. The number of halogens is 1. The fraction of sp³-hybridized carbons (Fsp3) is 0.214. The average Bonchev–Trinajstić information content (AvgIpc) is 2.85. The van der Waals surface area contributed by atoms with E-state index in [4.69, 9.17) is 11.6 Å². The Bertz CT molecular complexity index is 795. The second-order valence-electron chi connectivity index (χ2n) is 5.01. The van der Waals surface area contributed by atoms with Crippen molar-refractivity contribution in [1.29, 1.82) is 0 Å². The maximum Gasteiger partial charge on any atom is 0.227 e. The van der Waals surface area contributed by atoms with Gasteiger partial charge in [-0.2, -0.15) is 5.10 Å². The summed E-state index contributed by atoms with van der Waals surface area (Å²) in [7, 11) is 0. The first kappa shape index (κ1) is 12.6. The van der Waals surface area contributed by atoms with E-state index in [1.807, 2.05) is 29.1 Å². The Labute approximate surface area is 126 Å². The Hall–Kier alpha value is -2.18. The zero-order valence-electron chi connectivity index (χ0n) is 11.1. The largest absolute Gasteiger partial charge is 0.321 e. The van der Waals surface area contributed by atoms with Gasteiger partial charge in [0.2, 0.25) is 5.95 Å². The van der Waals surface area contributed by atoms with Crippen molar-refractivity contribution in [3.8, 4) is 0 Å². The highest BCUT2D eigenvalue weighted by Gasteiger charge is 2.19. The molecule has 4 rings (SSSR count). The lowest BCUT2D eigenvalue weighted by molar-refractivity contribution is 0.318. The third kappa shape index (κ3) is 2.32. The SMILES string of the molecule is Clc1cccc2nc(Nc3cnn(C4CNC4)c3)ncc12. The second-order valence-corrected chi connectivity index (χ2v) is 5.42. The number of fused-ring (bicyclic) bond motifs is 1. The van der Waals surface area contributed by atoms with Gasteiger partial charge in [-0.25, -0.2) is 9.97 Å². The molecular weight excluding hydrogens is 288 g/mol. The number of anilines is 2. The molecule has 0 saturated carbocycles. The molecule has 1 fully saturated rings. The van der Waals surface area contributed by atoms with Gasteiger partial charge < -0.3 is 10.6 Å². The van der Waals surface area contributed by atoms with Gasteiger partial charge >= 0.3 is 0 Å². The molecule has 3 aromatic rings. The van der Waals surface area contributed by atoms with Crippen molar-refractivity contribution in [2.45, 2.75) is 6.04 Å². The molecule has 1 aromatic carbocycles. The van der Waals surface area contributed by atoms with E-state index in [-0.39, 0.29) is 0 Å². The van der Waals surface area contributed by atoms with Gasteiger partial charge in [0.15, 0.2) is 0 Å². The number of benzene rings is 1. The van der Waals surface area contributed by atoms with Crippen LogP contribution in [0.2, 0.25) is 5.02 Å². The molecule has 0 bridgehead atoms. The lowest BCUT2D eigenvalue weighted by Crippen LogP contribution is -2.43. The van der Waals surface area contributed by atoms with Crippen LogP contribution in [0.1, 0.15) is 6.04 Å². The van der Waals surface area contributed by atoms with Gasteiger partial charge in [0.1, 0.15) is 0 Å². The van der Waals surface area contributed by atoms with Crippen molar-refractivity contribution in [3.05, 3.63) is 41.8 Å². The monoisotopic (exact) mass is 300 g/mol.